The van der Waals surface area contributed by atoms with Crippen molar-refractivity contribution in [1.82, 2.24) is 0 Å². The number of carboxylic acids is 1. The number of hydrogen-bond acceptors (Lipinski definition) is 3. The zero-order valence-electron chi connectivity index (χ0n) is 13.6. The van der Waals surface area contributed by atoms with Gasteiger partial charge in [0.2, 0.25) is 0 Å². The molecular formula is C20H22O4. The van der Waals surface area contributed by atoms with Crippen LogP contribution in [-0.4, -0.2) is 23.1 Å². The van der Waals surface area contributed by atoms with Crippen molar-refractivity contribution in [3.05, 3.63) is 71.8 Å². The monoisotopic (exact) mass is 326 g/mol. The number of aliphatic carboxylic acids is 1. The Balaban J connectivity index is 1.75. The summed E-state index contributed by atoms with van der Waals surface area (Å²) in [6.45, 7) is 0. The summed E-state index contributed by atoms with van der Waals surface area (Å²) in [7, 11) is 0. The van der Waals surface area contributed by atoms with Crippen LogP contribution >= 0.6 is 0 Å². The highest BCUT2D eigenvalue weighted by Crippen LogP contribution is 2.11. The molecule has 0 aromatic heterocycles. The Bertz CT molecular complexity index is 637. The number of aryl methyl sites for hydroxylation is 2. The van der Waals surface area contributed by atoms with Crippen molar-refractivity contribution in [2.45, 2.75) is 38.2 Å². The van der Waals surface area contributed by atoms with Crippen LogP contribution < -0.4 is 0 Å². The van der Waals surface area contributed by atoms with E-state index < -0.39 is 18.0 Å². The smallest absolute Gasteiger partial charge is 0.345 e. The molecule has 1 unspecified atom stereocenters. The van der Waals surface area contributed by atoms with Crippen molar-refractivity contribution < 1.29 is 19.4 Å². The second-order valence-electron chi connectivity index (χ2n) is 5.68. The van der Waals surface area contributed by atoms with Gasteiger partial charge in [0, 0.05) is 6.42 Å². The molecule has 2 rings (SSSR count). The molecule has 0 aliphatic heterocycles. The van der Waals surface area contributed by atoms with Gasteiger partial charge in [-0.3, -0.25) is 4.79 Å². The van der Waals surface area contributed by atoms with Gasteiger partial charge in [-0.15, -0.1) is 0 Å². The predicted molar refractivity (Wildman–Crippen MR) is 91.7 cm³/mol. The molecule has 126 valence electrons. The van der Waals surface area contributed by atoms with E-state index in [9.17, 15) is 14.7 Å². The van der Waals surface area contributed by atoms with E-state index in [2.05, 4.69) is 0 Å². The number of rotatable bonds is 9. The quantitative estimate of drug-likeness (QED) is 0.715. The fourth-order valence-electron chi connectivity index (χ4n) is 2.47. The first kappa shape index (κ1) is 17.7. The first-order valence-corrected chi connectivity index (χ1v) is 8.15. The average molecular weight is 326 g/mol. The minimum absolute atomic E-state index is 0.226. The van der Waals surface area contributed by atoms with Gasteiger partial charge in [-0.05, 0) is 36.8 Å². The molecule has 1 atom stereocenters. The van der Waals surface area contributed by atoms with Crippen molar-refractivity contribution in [3.63, 3.8) is 0 Å². The van der Waals surface area contributed by atoms with Gasteiger partial charge < -0.3 is 9.84 Å². The molecule has 2 aromatic carbocycles. The lowest BCUT2D eigenvalue weighted by atomic mass is 10.1. The lowest BCUT2D eigenvalue weighted by Gasteiger charge is -2.14. The second kappa shape index (κ2) is 9.50. The first-order valence-electron chi connectivity index (χ1n) is 8.15. The van der Waals surface area contributed by atoms with Crippen LogP contribution in [0.1, 0.15) is 30.4 Å². The summed E-state index contributed by atoms with van der Waals surface area (Å²) in [5.74, 6) is -1.55. The van der Waals surface area contributed by atoms with Crippen molar-refractivity contribution >= 4 is 11.9 Å². The SMILES string of the molecule is O=C(CCCc1ccccc1)OC(CCc1ccccc1)C(=O)O. The van der Waals surface area contributed by atoms with Crippen LogP contribution in [0.25, 0.3) is 0 Å². The van der Waals surface area contributed by atoms with Gasteiger partial charge in [0.1, 0.15) is 0 Å². The molecule has 0 amide bonds. The third kappa shape index (κ3) is 6.24. The summed E-state index contributed by atoms with van der Waals surface area (Å²) in [5, 5.41) is 9.23. The fraction of sp³-hybridized carbons (Fsp3) is 0.300. The molecule has 0 aliphatic carbocycles. The van der Waals surface area contributed by atoms with Gasteiger partial charge >= 0.3 is 11.9 Å². The van der Waals surface area contributed by atoms with Crippen LogP contribution in [0.4, 0.5) is 0 Å². The molecule has 4 nitrogen and oxygen atoms in total. The zero-order valence-corrected chi connectivity index (χ0v) is 13.6. The molecular weight excluding hydrogens is 304 g/mol. The minimum Gasteiger partial charge on any atom is -0.479 e. The molecule has 0 spiro atoms. The maximum Gasteiger partial charge on any atom is 0.345 e. The Hall–Kier alpha value is -2.62. The van der Waals surface area contributed by atoms with Gasteiger partial charge in [-0.1, -0.05) is 60.7 Å². The minimum atomic E-state index is -1.10. The maximum absolute atomic E-state index is 11.9. The van der Waals surface area contributed by atoms with Crippen LogP contribution in [-0.2, 0) is 27.2 Å². The summed E-state index contributed by atoms with van der Waals surface area (Å²) >= 11 is 0. The van der Waals surface area contributed by atoms with Crippen LogP contribution in [0.5, 0.6) is 0 Å². The number of carbonyl (C=O) groups excluding carboxylic acids is 1. The zero-order chi connectivity index (χ0) is 17.2. The molecule has 1 N–H and O–H groups in total. The van der Waals surface area contributed by atoms with Gasteiger partial charge in [-0.2, -0.15) is 0 Å². The molecule has 4 heteroatoms. The number of hydrogen-bond donors (Lipinski definition) is 1. The standard InChI is InChI=1S/C20H22O4/c21-19(13-7-12-16-8-3-1-4-9-16)24-18(20(22)23)15-14-17-10-5-2-6-11-17/h1-6,8-11,18H,7,12-15H2,(H,22,23). The Morgan fingerprint density at radius 1 is 0.875 bits per heavy atom. The van der Waals surface area contributed by atoms with Gasteiger partial charge in [0.25, 0.3) is 0 Å². The molecule has 0 saturated heterocycles. The summed E-state index contributed by atoms with van der Waals surface area (Å²) in [6, 6.07) is 19.4. The van der Waals surface area contributed by atoms with E-state index >= 15 is 0 Å². The molecule has 2 aromatic rings. The summed E-state index contributed by atoms with van der Waals surface area (Å²) in [6.07, 6.45) is 1.41. The van der Waals surface area contributed by atoms with E-state index in [0.717, 1.165) is 17.5 Å². The summed E-state index contributed by atoms with van der Waals surface area (Å²) in [4.78, 5) is 23.1. The Kier molecular flexibility index (Phi) is 7.02. The van der Waals surface area contributed by atoms with Crippen molar-refractivity contribution in [3.8, 4) is 0 Å². The number of ether oxygens (including phenoxy) is 1. The highest BCUT2D eigenvalue weighted by Gasteiger charge is 2.21. The number of esters is 1. The van der Waals surface area contributed by atoms with Gasteiger partial charge in [-0.25, -0.2) is 4.79 Å². The summed E-state index contributed by atoms with van der Waals surface area (Å²) in [5.41, 5.74) is 2.19. The van der Waals surface area contributed by atoms with E-state index in [0.29, 0.717) is 12.8 Å². The third-order valence-electron chi connectivity index (χ3n) is 3.78. The molecule has 0 radical (unpaired) electrons. The highest BCUT2D eigenvalue weighted by molar-refractivity contribution is 5.77. The topological polar surface area (TPSA) is 63.6 Å². The van der Waals surface area contributed by atoms with Crippen LogP contribution in [0.3, 0.4) is 0 Å². The first-order chi connectivity index (χ1) is 11.6. The molecule has 0 fully saturated rings. The molecule has 0 heterocycles. The largest absolute Gasteiger partial charge is 0.479 e. The fourth-order valence-corrected chi connectivity index (χ4v) is 2.47. The second-order valence-corrected chi connectivity index (χ2v) is 5.68. The van der Waals surface area contributed by atoms with E-state index in [1.54, 1.807) is 0 Å². The third-order valence-corrected chi connectivity index (χ3v) is 3.78. The molecule has 0 bridgehead atoms. The van der Waals surface area contributed by atoms with Crippen LogP contribution in [0.2, 0.25) is 0 Å². The molecule has 24 heavy (non-hydrogen) atoms. The van der Waals surface area contributed by atoms with Gasteiger partial charge in [0.15, 0.2) is 6.10 Å². The van der Waals surface area contributed by atoms with E-state index in [1.807, 2.05) is 60.7 Å². The number of carbonyl (C=O) groups is 2. The van der Waals surface area contributed by atoms with Crippen molar-refractivity contribution in [2.24, 2.45) is 0 Å². The summed E-state index contributed by atoms with van der Waals surface area (Å²) < 4.78 is 5.13. The lowest BCUT2D eigenvalue weighted by Crippen LogP contribution is -2.27. The van der Waals surface area contributed by atoms with Crippen molar-refractivity contribution in [2.75, 3.05) is 0 Å². The van der Waals surface area contributed by atoms with Crippen LogP contribution in [0.15, 0.2) is 60.7 Å². The Morgan fingerprint density at radius 3 is 1.96 bits per heavy atom. The van der Waals surface area contributed by atoms with E-state index in [4.69, 9.17) is 4.74 Å². The van der Waals surface area contributed by atoms with Crippen molar-refractivity contribution in [1.29, 1.82) is 0 Å². The predicted octanol–water partition coefficient (Wildman–Crippen LogP) is 3.64. The van der Waals surface area contributed by atoms with Gasteiger partial charge in [0.05, 0.1) is 0 Å². The Morgan fingerprint density at radius 2 is 1.42 bits per heavy atom. The van der Waals surface area contributed by atoms with Crippen LogP contribution in [0, 0.1) is 0 Å². The molecule has 0 aliphatic rings. The van der Waals surface area contributed by atoms with E-state index in [-0.39, 0.29) is 12.8 Å². The Labute approximate surface area is 142 Å². The number of carboxylic acid groups (broad SMARTS) is 1. The maximum atomic E-state index is 11.9. The molecule has 0 saturated carbocycles. The number of benzene rings is 2. The normalized spacial score (nSPS) is 11.7. The average Bonchev–Trinajstić information content (AvgIpc) is 2.60. The highest BCUT2D eigenvalue weighted by atomic mass is 16.6. The lowest BCUT2D eigenvalue weighted by molar-refractivity contribution is -0.164. The van der Waals surface area contributed by atoms with E-state index in [1.165, 1.54) is 0 Å².